The first-order valence-corrected chi connectivity index (χ1v) is 5.82. The van der Waals surface area contributed by atoms with E-state index in [2.05, 4.69) is 5.48 Å². The number of carbonyl (C=O) groups is 1. The lowest BCUT2D eigenvalue weighted by Crippen LogP contribution is -2.25. The molecule has 0 saturated heterocycles. The molecule has 0 aliphatic rings. The highest BCUT2D eigenvalue weighted by atomic mass is 35.5. The highest BCUT2D eigenvalue weighted by Crippen LogP contribution is 2.12. The van der Waals surface area contributed by atoms with Crippen LogP contribution in [0.5, 0.6) is 0 Å². The molecule has 1 aromatic heterocycles. The molecule has 1 aromatic carbocycles. The van der Waals surface area contributed by atoms with E-state index in [4.69, 9.17) is 16.4 Å². The summed E-state index contributed by atoms with van der Waals surface area (Å²) in [5, 5.41) is 0.519. The maximum atomic E-state index is 11.8. The molecule has 5 heteroatoms. The lowest BCUT2D eigenvalue weighted by Gasteiger charge is -2.06. The third-order valence-electron chi connectivity index (χ3n) is 2.45. The first-order chi connectivity index (χ1) is 8.66. The van der Waals surface area contributed by atoms with E-state index in [-0.39, 0.29) is 5.91 Å². The van der Waals surface area contributed by atoms with Crippen molar-refractivity contribution in [2.75, 3.05) is 0 Å². The molecule has 0 saturated carbocycles. The van der Waals surface area contributed by atoms with Crippen molar-refractivity contribution >= 4 is 17.5 Å². The van der Waals surface area contributed by atoms with Gasteiger partial charge in [0.25, 0.3) is 5.91 Å². The molecule has 0 atom stereocenters. The van der Waals surface area contributed by atoms with Crippen LogP contribution in [0.3, 0.4) is 0 Å². The third-order valence-corrected chi connectivity index (χ3v) is 2.66. The van der Waals surface area contributed by atoms with E-state index in [1.807, 2.05) is 30.3 Å². The van der Waals surface area contributed by atoms with E-state index in [1.54, 1.807) is 23.9 Å². The molecule has 0 unspecified atom stereocenters. The molecule has 0 aliphatic carbocycles. The largest absolute Gasteiger partial charge is 0.345 e. The van der Waals surface area contributed by atoms with Crippen LogP contribution in [0.25, 0.3) is 0 Å². The maximum absolute atomic E-state index is 11.8. The second kappa shape index (κ2) is 5.71. The Bertz CT molecular complexity index is 537. The van der Waals surface area contributed by atoms with Crippen LogP contribution >= 0.6 is 11.6 Å². The number of halogens is 1. The van der Waals surface area contributed by atoms with Crippen molar-refractivity contribution in [3.8, 4) is 0 Å². The van der Waals surface area contributed by atoms with Crippen molar-refractivity contribution < 1.29 is 9.63 Å². The standard InChI is InChI=1S/C13H13ClN2O2/c1-16-8-11(14)7-12(16)13(17)15-18-9-10-5-3-2-4-6-10/h2-8H,9H2,1H3,(H,15,17). The van der Waals surface area contributed by atoms with E-state index < -0.39 is 0 Å². The highest BCUT2D eigenvalue weighted by molar-refractivity contribution is 6.31. The zero-order valence-electron chi connectivity index (χ0n) is 9.89. The number of hydrogen-bond donors (Lipinski definition) is 1. The van der Waals surface area contributed by atoms with Gasteiger partial charge in [0.05, 0.1) is 11.6 Å². The van der Waals surface area contributed by atoms with Gasteiger partial charge in [-0.25, -0.2) is 5.48 Å². The van der Waals surface area contributed by atoms with Gasteiger partial charge in [-0.15, -0.1) is 0 Å². The second-order valence-electron chi connectivity index (χ2n) is 3.86. The number of rotatable bonds is 4. The fraction of sp³-hybridized carbons (Fsp3) is 0.154. The summed E-state index contributed by atoms with van der Waals surface area (Å²) in [7, 11) is 1.75. The zero-order chi connectivity index (χ0) is 13.0. The van der Waals surface area contributed by atoms with Crippen molar-refractivity contribution in [2.45, 2.75) is 6.61 Å². The molecule has 0 fully saturated rings. The first kappa shape index (κ1) is 12.7. The average Bonchev–Trinajstić information content (AvgIpc) is 2.70. The fourth-order valence-electron chi connectivity index (χ4n) is 1.56. The molecular weight excluding hydrogens is 252 g/mol. The molecule has 0 bridgehead atoms. The van der Waals surface area contributed by atoms with E-state index in [0.717, 1.165) is 5.56 Å². The smallest absolute Gasteiger partial charge is 0.291 e. The Labute approximate surface area is 110 Å². The van der Waals surface area contributed by atoms with Gasteiger partial charge in [0, 0.05) is 13.2 Å². The quantitative estimate of drug-likeness (QED) is 0.863. The molecule has 0 aliphatic heterocycles. The van der Waals surface area contributed by atoms with Gasteiger partial charge in [-0.3, -0.25) is 9.63 Å². The van der Waals surface area contributed by atoms with Crippen LogP contribution in [0.4, 0.5) is 0 Å². The van der Waals surface area contributed by atoms with Gasteiger partial charge in [0.15, 0.2) is 0 Å². The van der Waals surface area contributed by atoms with E-state index >= 15 is 0 Å². The molecule has 18 heavy (non-hydrogen) atoms. The van der Waals surface area contributed by atoms with Gasteiger partial charge in [0.1, 0.15) is 5.69 Å². The lowest BCUT2D eigenvalue weighted by atomic mass is 10.2. The SMILES string of the molecule is Cn1cc(Cl)cc1C(=O)NOCc1ccccc1. The van der Waals surface area contributed by atoms with Gasteiger partial charge in [0.2, 0.25) is 0 Å². The molecule has 94 valence electrons. The summed E-state index contributed by atoms with van der Waals surface area (Å²) in [6.07, 6.45) is 1.66. The van der Waals surface area contributed by atoms with Crippen LogP contribution in [-0.4, -0.2) is 10.5 Å². The van der Waals surface area contributed by atoms with Crippen molar-refractivity contribution in [3.05, 3.63) is 58.9 Å². The molecule has 2 aromatic rings. The number of amides is 1. The summed E-state index contributed by atoms with van der Waals surface area (Å²) in [5.74, 6) is -0.319. The van der Waals surface area contributed by atoms with Crippen LogP contribution in [-0.2, 0) is 18.5 Å². The average molecular weight is 265 g/mol. The molecule has 1 amide bonds. The molecule has 0 radical (unpaired) electrons. The zero-order valence-corrected chi connectivity index (χ0v) is 10.6. The molecule has 4 nitrogen and oxygen atoms in total. The number of carbonyl (C=O) groups excluding carboxylic acids is 1. The summed E-state index contributed by atoms with van der Waals surface area (Å²) in [4.78, 5) is 16.9. The Kier molecular flexibility index (Phi) is 4.02. The van der Waals surface area contributed by atoms with Crippen LogP contribution < -0.4 is 5.48 Å². The first-order valence-electron chi connectivity index (χ1n) is 5.45. The fourth-order valence-corrected chi connectivity index (χ4v) is 1.81. The van der Waals surface area contributed by atoms with Gasteiger partial charge in [-0.2, -0.15) is 0 Å². The Balaban J connectivity index is 1.87. The lowest BCUT2D eigenvalue weighted by molar-refractivity contribution is 0.0227. The predicted octanol–water partition coefficient (Wildman–Crippen LogP) is 2.54. The Hall–Kier alpha value is -1.78. The van der Waals surface area contributed by atoms with Crippen molar-refractivity contribution in [3.63, 3.8) is 0 Å². The van der Waals surface area contributed by atoms with E-state index in [0.29, 0.717) is 17.3 Å². The van der Waals surface area contributed by atoms with Crippen molar-refractivity contribution in [2.24, 2.45) is 7.05 Å². The van der Waals surface area contributed by atoms with Crippen LogP contribution in [0.15, 0.2) is 42.6 Å². The second-order valence-corrected chi connectivity index (χ2v) is 4.30. The molecule has 1 heterocycles. The highest BCUT2D eigenvalue weighted by Gasteiger charge is 2.10. The number of aromatic nitrogens is 1. The number of nitrogens with one attached hydrogen (secondary N) is 1. The van der Waals surface area contributed by atoms with Gasteiger partial charge >= 0.3 is 0 Å². The summed E-state index contributed by atoms with van der Waals surface area (Å²) in [5.41, 5.74) is 3.82. The minimum absolute atomic E-state index is 0.319. The van der Waals surface area contributed by atoms with Gasteiger partial charge in [-0.05, 0) is 11.6 Å². The van der Waals surface area contributed by atoms with Crippen LogP contribution in [0.2, 0.25) is 5.02 Å². The van der Waals surface area contributed by atoms with E-state index in [9.17, 15) is 4.79 Å². The number of aryl methyl sites for hydroxylation is 1. The summed E-state index contributed by atoms with van der Waals surface area (Å²) in [6, 6.07) is 11.2. The van der Waals surface area contributed by atoms with E-state index in [1.165, 1.54) is 0 Å². The molecular formula is C13H13ClN2O2. The number of hydroxylamine groups is 1. The van der Waals surface area contributed by atoms with Crippen molar-refractivity contribution in [1.29, 1.82) is 0 Å². The van der Waals surface area contributed by atoms with Gasteiger partial charge < -0.3 is 4.57 Å². The van der Waals surface area contributed by atoms with Crippen molar-refractivity contribution in [1.82, 2.24) is 10.0 Å². The summed E-state index contributed by atoms with van der Waals surface area (Å²) in [6.45, 7) is 0.324. The Morgan fingerprint density at radius 1 is 1.39 bits per heavy atom. The number of nitrogens with zero attached hydrogens (tertiary/aromatic N) is 1. The number of hydrogen-bond acceptors (Lipinski definition) is 2. The predicted molar refractivity (Wildman–Crippen MR) is 69.1 cm³/mol. The topological polar surface area (TPSA) is 43.3 Å². The Morgan fingerprint density at radius 3 is 2.72 bits per heavy atom. The Morgan fingerprint density at radius 2 is 2.11 bits per heavy atom. The normalized spacial score (nSPS) is 10.3. The molecule has 0 spiro atoms. The minimum atomic E-state index is -0.319. The maximum Gasteiger partial charge on any atom is 0.291 e. The third kappa shape index (κ3) is 3.12. The van der Waals surface area contributed by atoms with Crippen LogP contribution in [0.1, 0.15) is 16.1 Å². The van der Waals surface area contributed by atoms with Gasteiger partial charge in [-0.1, -0.05) is 41.9 Å². The molecule has 1 N–H and O–H groups in total. The minimum Gasteiger partial charge on any atom is -0.345 e. The summed E-state index contributed by atoms with van der Waals surface area (Å²) >= 11 is 5.80. The molecule has 2 rings (SSSR count). The monoisotopic (exact) mass is 264 g/mol. The number of benzene rings is 1. The van der Waals surface area contributed by atoms with Crippen LogP contribution in [0, 0.1) is 0 Å². The summed E-state index contributed by atoms with van der Waals surface area (Å²) < 4.78 is 1.64.